The van der Waals surface area contributed by atoms with Crippen molar-refractivity contribution >= 4 is 52.3 Å². The lowest BCUT2D eigenvalue weighted by Crippen LogP contribution is -2.51. The van der Waals surface area contributed by atoms with Gasteiger partial charge in [0.25, 0.3) is 0 Å². The van der Waals surface area contributed by atoms with Crippen LogP contribution in [0.4, 0.5) is 5.13 Å². The summed E-state index contributed by atoms with van der Waals surface area (Å²) in [6.07, 6.45) is 1.83. The SMILES string of the molecule is CC(C)C(=O)NCCN=C(N)N1CCN(c2nccs2)CC1.I. The second-order valence-corrected chi connectivity index (χ2v) is 6.35. The van der Waals surface area contributed by atoms with Crippen LogP contribution in [0.15, 0.2) is 16.6 Å². The van der Waals surface area contributed by atoms with Crippen LogP contribution in [0.3, 0.4) is 0 Å². The van der Waals surface area contributed by atoms with Crippen LogP contribution in [0.2, 0.25) is 0 Å². The van der Waals surface area contributed by atoms with E-state index in [-0.39, 0.29) is 35.8 Å². The number of hydrogen-bond donors (Lipinski definition) is 2. The Hall–Kier alpha value is -1.10. The Bertz CT molecular complexity index is 499. The first-order valence-corrected chi connectivity index (χ1v) is 8.43. The topological polar surface area (TPSA) is 86.8 Å². The van der Waals surface area contributed by atoms with Gasteiger partial charge >= 0.3 is 0 Å². The molecule has 1 aromatic rings. The minimum absolute atomic E-state index is 0. The van der Waals surface area contributed by atoms with E-state index in [0.717, 1.165) is 31.3 Å². The van der Waals surface area contributed by atoms with Crippen LogP contribution in [0.25, 0.3) is 0 Å². The van der Waals surface area contributed by atoms with E-state index in [1.807, 2.05) is 25.4 Å². The van der Waals surface area contributed by atoms with Crippen molar-refractivity contribution < 1.29 is 4.79 Å². The summed E-state index contributed by atoms with van der Waals surface area (Å²) in [7, 11) is 0. The molecular formula is C14H25IN6OS. The number of amides is 1. The zero-order valence-corrected chi connectivity index (χ0v) is 16.7. The van der Waals surface area contributed by atoms with Gasteiger partial charge in [0.2, 0.25) is 5.91 Å². The molecule has 130 valence electrons. The zero-order chi connectivity index (χ0) is 15.9. The number of halogens is 1. The van der Waals surface area contributed by atoms with Gasteiger partial charge in [0, 0.05) is 50.2 Å². The van der Waals surface area contributed by atoms with E-state index in [9.17, 15) is 4.79 Å². The predicted octanol–water partition coefficient (Wildman–Crippen LogP) is 0.970. The standard InChI is InChI=1S/C14H24N6OS.HI/c1-11(2)12(21)16-3-4-17-13(15)19-6-8-20(9-7-19)14-18-5-10-22-14;/h5,10-11H,3-4,6-9H2,1-2H3,(H2,15,17)(H,16,21);1H. The van der Waals surface area contributed by atoms with Crippen molar-refractivity contribution in [3.05, 3.63) is 11.6 Å². The maximum absolute atomic E-state index is 11.4. The molecular weight excluding hydrogens is 427 g/mol. The average molecular weight is 452 g/mol. The van der Waals surface area contributed by atoms with Crippen molar-refractivity contribution in [1.29, 1.82) is 0 Å². The second-order valence-electron chi connectivity index (χ2n) is 5.47. The number of nitrogens with one attached hydrogen (secondary N) is 1. The third-order valence-electron chi connectivity index (χ3n) is 3.50. The van der Waals surface area contributed by atoms with Gasteiger partial charge in [-0.2, -0.15) is 0 Å². The van der Waals surface area contributed by atoms with Gasteiger partial charge in [-0.1, -0.05) is 13.8 Å². The summed E-state index contributed by atoms with van der Waals surface area (Å²) in [5.74, 6) is 0.601. The molecule has 1 saturated heterocycles. The van der Waals surface area contributed by atoms with E-state index in [2.05, 4.69) is 25.1 Å². The summed E-state index contributed by atoms with van der Waals surface area (Å²) in [6, 6.07) is 0. The Morgan fingerprint density at radius 3 is 2.70 bits per heavy atom. The molecule has 2 heterocycles. The van der Waals surface area contributed by atoms with Gasteiger partial charge in [0.15, 0.2) is 11.1 Å². The van der Waals surface area contributed by atoms with Gasteiger partial charge in [-0.15, -0.1) is 35.3 Å². The van der Waals surface area contributed by atoms with Crippen LogP contribution in [-0.2, 0) is 4.79 Å². The molecule has 0 aliphatic carbocycles. The summed E-state index contributed by atoms with van der Waals surface area (Å²) in [4.78, 5) is 24.4. The van der Waals surface area contributed by atoms with Crippen LogP contribution in [0, 0.1) is 5.92 Å². The summed E-state index contributed by atoms with van der Waals surface area (Å²) >= 11 is 1.66. The Morgan fingerprint density at radius 2 is 2.13 bits per heavy atom. The van der Waals surface area contributed by atoms with Gasteiger partial charge in [0.1, 0.15) is 0 Å². The maximum atomic E-state index is 11.4. The van der Waals surface area contributed by atoms with Gasteiger partial charge in [0.05, 0.1) is 6.54 Å². The summed E-state index contributed by atoms with van der Waals surface area (Å²) in [5, 5.41) is 5.88. The summed E-state index contributed by atoms with van der Waals surface area (Å²) < 4.78 is 0. The Morgan fingerprint density at radius 1 is 1.43 bits per heavy atom. The molecule has 1 aromatic heterocycles. The highest BCUT2D eigenvalue weighted by Gasteiger charge is 2.19. The number of piperazine rings is 1. The zero-order valence-electron chi connectivity index (χ0n) is 13.6. The molecule has 1 fully saturated rings. The van der Waals surface area contributed by atoms with Crippen LogP contribution < -0.4 is 16.0 Å². The highest BCUT2D eigenvalue weighted by atomic mass is 127. The monoisotopic (exact) mass is 452 g/mol. The highest BCUT2D eigenvalue weighted by Crippen LogP contribution is 2.18. The number of carbonyl (C=O) groups is 1. The van der Waals surface area contributed by atoms with Gasteiger partial charge < -0.3 is 20.9 Å². The molecule has 3 N–H and O–H groups in total. The van der Waals surface area contributed by atoms with Crippen molar-refractivity contribution in [3.63, 3.8) is 0 Å². The number of guanidine groups is 1. The van der Waals surface area contributed by atoms with Crippen LogP contribution >= 0.6 is 35.3 Å². The van der Waals surface area contributed by atoms with Crippen LogP contribution in [-0.4, -0.2) is 61.0 Å². The lowest BCUT2D eigenvalue weighted by molar-refractivity contribution is -0.123. The molecule has 0 spiro atoms. The smallest absolute Gasteiger partial charge is 0.222 e. The number of rotatable bonds is 5. The largest absolute Gasteiger partial charge is 0.370 e. The molecule has 1 aliphatic heterocycles. The quantitative estimate of drug-likeness (QED) is 0.301. The second kappa shape index (κ2) is 9.91. The number of anilines is 1. The predicted molar refractivity (Wildman–Crippen MR) is 106 cm³/mol. The van der Waals surface area contributed by atoms with E-state index in [0.29, 0.717) is 19.0 Å². The molecule has 0 saturated carbocycles. The fourth-order valence-corrected chi connectivity index (χ4v) is 2.85. The molecule has 0 aromatic carbocycles. The van der Waals surface area contributed by atoms with E-state index < -0.39 is 0 Å². The van der Waals surface area contributed by atoms with Crippen molar-refractivity contribution in [2.45, 2.75) is 13.8 Å². The lowest BCUT2D eigenvalue weighted by atomic mass is 10.2. The molecule has 0 bridgehead atoms. The fourth-order valence-electron chi connectivity index (χ4n) is 2.15. The van der Waals surface area contributed by atoms with Gasteiger partial charge in [-0.3, -0.25) is 9.79 Å². The van der Waals surface area contributed by atoms with Crippen LogP contribution in [0.5, 0.6) is 0 Å². The maximum Gasteiger partial charge on any atom is 0.222 e. The Kier molecular flexibility index (Phi) is 8.59. The molecule has 1 amide bonds. The average Bonchev–Trinajstić information content (AvgIpc) is 3.05. The van der Waals surface area contributed by atoms with E-state index in [1.54, 1.807) is 11.3 Å². The summed E-state index contributed by atoms with van der Waals surface area (Å²) in [6.45, 7) is 8.25. The first kappa shape index (κ1) is 19.9. The number of thiazole rings is 1. The van der Waals surface area contributed by atoms with Crippen molar-refractivity contribution in [1.82, 2.24) is 15.2 Å². The van der Waals surface area contributed by atoms with Crippen molar-refractivity contribution in [2.75, 3.05) is 44.2 Å². The fraction of sp³-hybridized carbons (Fsp3) is 0.643. The molecule has 7 nitrogen and oxygen atoms in total. The first-order valence-electron chi connectivity index (χ1n) is 7.55. The highest BCUT2D eigenvalue weighted by molar-refractivity contribution is 14.0. The third-order valence-corrected chi connectivity index (χ3v) is 4.33. The lowest BCUT2D eigenvalue weighted by Gasteiger charge is -2.35. The number of nitrogens with zero attached hydrogens (tertiary/aromatic N) is 4. The van der Waals surface area contributed by atoms with E-state index in [4.69, 9.17) is 5.73 Å². The van der Waals surface area contributed by atoms with E-state index in [1.165, 1.54) is 0 Å². The van der Waals surface area contributed by atoms with Gasteiger partial charge in [-0.05, 0) is 0 Å². The Labute approximate surface area is 158 Å². The minimum atomic E-state index is 0. The number of nitrogens with two attached hydrogens (primary N) is 1. The molecule has 2 rings (SSSR count). The molecule has 0 atom stereocenters. The Balaban J connectivity index is 0.00000264. The number of aliphatic imine (C=N–C) groups is 1. The van der Waals surface area contributed by atoms with Crippen molar-refractivity contribution in [3.8, 4) is 0 Å². The molecule has 0 radical (unpaired) electrons. The minimum Gasteiger partial charge on any atom is -0.370 e. The molecule has 1 aliphatic rings. The third kappa shape index (κ3) is 6.13. The number of aromatic nitrogens is 1. The molecule has 9 heteroatoms. The number of hydrogen-bond acceptors (Lipinski definition) is 5. The van der Waals surface area contributed by atoms with Crippen molar-refractivity contribution in [2.24, 2.45) is 16.6 Å². The van der Waals surface area contributed by atoms with Crippen LogP contribution in [0.1, 0.15) is 13.8 Å². The summed E-state index contributed by atoms with van der Waals surface area (Å²) in [5.41, 5.74) is 6.02. The molecule has 23 heavy (non-hydrogen) atoms. The normalized spacial score (nSPS) is 15.5. The molecule has 0 unspecified atom stereocenters. The first-order chi connectivity index (χ1) is 10.6. The number of carbonyl (C=O) groups excluding carboxylic acids is 1. The van der Waals surface area contributed by atoms with E-state index >= 15 is 0 Å². The van der Waals surface area contributed by atoms with Gasteiger partial charge in [-0.25, -0.2) is 4.98 Å².